The fourth-order valence-corrected chi connectivity index (χ4v) is 3.47. The molecule has 0 aliphatic heterocycles. The Hall–Kier alpha value is -2.89. The molecule has 2 heterocycles. The number of carbonyl (C=O) groups is 1. The number of rotatable bonds is 7. The van der Waals surface area contributed by atoms with Crippen LogP contribution in [0, 0.1) is 12.3 Å². The van der Waals surface area contributed by atoms with Gasteiger partial charge >= 0.3 is 5.69 Å². The van der Waals surface area contributed by atoms with Crippen molar-refractivity contribution in [2.45, 2.75) is 60.5 Å². The molecule has 6 heteroatoms. The molecule has 3 aromatic rings. The number of nitrogens with one attached hydrogen (secondary N) is 1. The normalized spacial score (nSPS) is 11.8. The lowest BCUT2D eigenvalue weighted by atomic mass is 9.97. The van der Waals surface area contributed by atoms with E-state index in [1.54, 1.807) is 10.8 Å². The maximum absolute atomic E-state index is 13.2. The minimum Gasteiger partial charge on any atom is -0.355 e. The van der Waals surface area contributed by atoms with Gasteiger partial charge in [-0.05, 0) is 30.4 Å². The number of carbonyl (C=O) groups excluding carboxylic acids is 1. The second-order valence-corrected chi connectivity index (χ2v) is 9.15. The van der Waals surface area contributed by atoms with Gasteiger partial charge in [-0.15, -0.1) is 0 Å². The van der Waals surface area contributed by atoms with Gasteiger partial charge < -0.3 is 5.32 Å². The van der Waals surface area contributed by atoms with Crippen molar-refractivity contribution in [1.82, 2.24) is 19.4 Å². The average Bonchev–Trinajstić information content (AvgIpc) is 2.93. The predicted octanol–water partition coefficient (Wildman–Crippen LogP) is 4.14. The largest absolute Gasteiger partial charge is 0.355 e. The highest BCUT2D eigenvalue weighted by atomic mass is 16.2. The van der Waals surface area contributed by atoms with Crippen molar-refractivity contribution in [2.24, 2.45) is 5.41 Å². The Morgan fingerprint density at radius 1 is 1.10 bits per heavy atom. The van der Waals surface area contributed by atoms with Gasteiger partial charge in [0.15, 0.2) is 5.65 Å². The van der Waals surface area contributed by atoms with Crippen LogP contribution in [0.15, 0.2) is 41.3 Å². The van der Waals surface area contributed by atoms with Gasteiger partial charge in [-0.2, -0.15) is 0 Å². The lowest BCUT2D eigenvalue weighted by Crippen LogP contribution is -2.34. The highest BCUT2D eigenvalue weighted by Crippen LogP contribution is 2.25. The van der Waals surface area contributed by atoms with Crippen LogP contribution in [0.5, 0.6) is 0 Å². The summed E-state index contributed by atoms with van der Waals surface area (Å²) in [4.78, 5) is 30.2. The van der Waals surface area contributed by atoms with Crippen molar-refractivity contribution >= 4 is 17.1 Å². The summed E-state index contributed by atoms with van der Waals surface area (Å²) in [6.07, 6.45) is 3.71. The van der Waals surface area contributed by atoms with Crippen LogP contribution in [0.25, 0.3) is 22.3 Å². The van der Waals surface area contributed by atoms with Crippen molar-refractivity contribution in [3.63, 3.8) is 0 Å². The first-order chi connectivity index (χ1) is 14.2. The van der Waals surface area contributed by atoms with Crippen LogP contribution in [-0.2, 0) is 17.9 Å². The quantitative estimate of drug-likeness (QED) is 0.598. The maximum Gasteiger partial charge on any atom is 0.330 e. The molecule has 0 spiro atoms. The summed E-state index contributed by atoms with van der Waals surface area (Å²) >= 11 is 0. The van der Waals surface area contributed by atoms with Crippen LogP contribution in [-0.4, -0.2) is 26.6 Å². The molecule has 0 aliphatic rings. The summed E-state index contributed by atoms with van der Waals surface area (Å²) in [5.74, 6) is -0.162. The van der Waals surface area contributed by atoms with Crippen LogP contribution in [0.4, 0.5) is 0 Å². The second kappa shape index (κ2) is 8.86. The minimum atomic E-state index is -0.195. The van der Waals surface area contributed by atoms with E-state index in [9.17, 15) is 9.59 Å². The first-order valence-electron chi connectivity index (χ1n) is 10.6. The zero-order valence-electron chi connectivity index (χ0n) is 18.7. The molecule has 30 heavy (non-hydrogen) atoms. The number of pyridine rings is 1. The fraction of sp³-hybridized carbons (Fsp3) is 0.458. The van der Waals surface area contributed by atoms with E-state index in [0.29, 0.717) is 18.7 Å². The third-order valence-electron chi connectivity index (χ3n) is 5.03. The monoisotopic (exact) mass is 408 g/mol. The zero-order valence-corrected chi connectivity index (χ0v) is 18.7. The predicted molar refractivity (Wildman–Crippen MR) is 122 cm³/mol. The van der Waals surface area contributed by atoms with Gasteiger partial charge in [-0.1, -0.05) is 63.9 Å². The molecule has 0 unspecified atom stereocenters. The van der Waals surface area contributed by atoms with Gasteiger partial charge in [0, 0.05) is 24.8 Å². The molecule has 0 radical (unpaired) electrons. The first kappa shape index (κ1) is 21.8. The maximum atomic E-state index is 13.2. The van der Waals surface area contributed by atoms with E-state index >= 15 is 0 Å². The van der Waals surface area contributed by atoms with E-state index in [-0.39, 0.29) is 23.6 Å². The Kier molecular flexibility index (Phi) is 6.44. The standard InChI is InChI=1S/C24H32N4O2/c1-6-7-12-25-21(29)15-27-22-20(28(23(27)30)16-24(3,4)5)13-19(14-26-22)18-10-8-17(2)9-11-18/h8-11,13-14H,6-7,12,15-16H2,1-5H3,(H,25,29). The highest BCUT2D eigenvalue weighted by molar-refractivity contribution is 5.81. The third-order valence-corrected chi connectivity index (χ3v) is 5.03. The Balaban J connectivity index is 2.06. The first-order valence-corrected chi connectivity index (χ1v) is 10.6. The van der Waals surface area contributed by atoms with Gasteiger partial charge in [0.2, 0.25) is 5.91 Å². The molecule has 1 N–H and O–H groups in total. The molecular formula is C24H32N4O2. The smallest absolute Gasteiger partial charge is 0.330 e. The van der Waals surface area contributed by atoms with Gasteiger partial charge in [0.25, 0.3) is 0 Å². The summed E-state index contributed by atoms with van der Waals surface area (Å²) < 4.78 is 3.24. The Morgan fingerprint density at radius 2 is 1.80 bits per heavy atom. The fourth-order valence-electron chi connectivity index (χ4n) is 3.47. The molecule has 1 aromatic carbocycles. The van der Waals surface area contributed by atoms with Crippen molar-refractivity contribution in [1.29, 1.82) is 0 Å². The van der Waals surface area contributed by atoms with E-state index in [4.69, 9.17) is 0 Å². The van der Waals surface area contributed by atoms with Crippen molar-refractivity contribution in [3.05, 3.63) is 52.6 Å². The second-order valence-electron chi connectivity index (χ2n) is 9.15. The van der Waals surface area contributed by atoms with E-state index in [0.717, 1.165) is 29.5 Å². The molecular weight excluding hydrogens is 376 g/mol. The molecule has 0 atom stereocenters. The average molecular weight is 409 g/mol. The SMILES string of the molecule is CCCCNC(=O)Cn1c(=O)n(CC(C)(C)C)c2cc(-c3ccc(C)cc3)cnc21. The third kappa shape index (κ3) is 4.99. The van der Waals surface area contributed by atoms with Crippen LogP contribution in [0.1, 0.15) is 46.1 Å². The summed E-state index contributed by atoms with van der Waals surface area (Å²) in [6.45, 7) is 11.6. The van der Waals surface area contributed by atoms with Gasteiger partial charge in [-0.3, -0.25) is 13.9 Å². The lowest BCUT2D eigenvalue weighted by molar-refractivity contribution is -0.121. The van der Waals surface area contributed by atoms with E-state index < -0.39 is 0 Å². The zero-order chi connectivity index (χ0) is 21.9. The molecule has 0 aliphatic carbocycles. The highest BCUT2D eigenvalue weighted by Gasteiger charge is 2.21. The number of benzene rings is 1. The van der Waals surface area contributed by atoms with E-state index in [1.807, 2.05) is 6.07 Å². The van der Waals surface area contributed by atoms with Crippen LogP contribution in [0.2, 0.25) is 0 Å². The van der Waals surface area contributed by atoms with Crippen molar-refractivity contribution in [3.8, 4) is 11.1 Å². The molecule has 6 nitrogen and oxygen atoms in total. The number of aromatic nitrogens is 3. The Bertz CT molecular complexity index is 1090. The number of hydrogen-bond donors (Lipinski definition) is 1. The number of amides is 1. The molecule has 2 aromatic heterocycles. The Morgan fingerprint density at radius 3 is 2.43 bits per heavy atom. The summed E-state index contributed by atoms with van der Waals surface area (Å²) in [7, 11) is 0. The molecule has 0 bridgehead atoms. The number of fused-ring (bicyclic) bond motifs is 1. The van der Waals surface area contributed by atoms with Gasteiger partial charge in [0.05, 0.1) is 5.52 Å². The van der Waals surface area contributed by atoms with E-state index in [1.165, 1.54) is 10.1 Å². The van der Waals surface area contributed by atoms with Crippen LogP contribution < -0.4 is 11.0 Å². The number of hydrogen-bond acceptors (Lipinski definition) is 3. The minimum absolute atomic E-state index is 0.0208. The number of unbranched alkanes of at least 4 members (excludes halogenated alkanes) is 1. The van der Waals surface area contributed by atoms with Crippen LogP contribution >= 0.6 is 0 Å². The van der Waals surface area contributed by atoms with E-state index in [2.05, 4.69) is 69.2 Å². The van der Waals surface area contributed by atoms with Crippen molar-refractivity contribution < 1.29 is 4.79 Å². The van der Waals surface area contributed by atoms with Gasteiger partial charge in [-0.25, -0.2) is 9.78 Å². The number of nitrogens with zero attached hydrogens (tertiary/aromatic N) is 3. The molecule has 160 valence electrons. The summed E-state index contributed by atoms with van der Waals surface area (Å²) in [5.41, 5.74) is 4.22. The molecule has 0 saturated heterocycles. The van der Waals surface area contributed by atoms with Crippen molar-refractivity contribution in [2.75, 3.05) is 6.54 Å². The number of aryl methyl sites for hydroxylation is 1. The molecule has 0 fully saturated rings. The summed E-state index contributed by atoms with van der Waals surface area (Å²) in [6, 6.07) is 10.2. The Labute approximate surface area is 177 Å². The number of imidazole rings is 1. The topological polar surface area (TPSA) is 68.9 Å². The summed E-state index contributed by atoms with van der Waals surface area (Å²) in [5, 5.41) is 2.89. The molecule has 3 rings (SSSR count). The van der Waals surface area contributed by atoms with Crippen LogP contribution in [0.3, 0.4) is 0 Å². The molecule has 1 amide bonds. The van der Waals surface area contributed by atoms with Gasteiger partial charge in [0.1, 0.15) is 6.54 Å². The molecule has 0 saturated carbocycles. The lowest BCUT2D eigenvalue weighted by Gasteiger charge is -2.18.